The lowest BCUT2D eigenvalue weighted by atomic mass is 10.4. The van der Waals surface area contributed by atoms with Crippen molar-refractivity contribution in [3.63, 3.8) is 0 Å². The van der Waals surface area contributed by atoms with Gasteiger partial charge in [-0.2, -0.15) is 0 Å². The van der Waals surface area contributed by atoms with Crippen LogP contribution < -0.4 is 0 Å². The Bertz CT molecular complexity index is 412. The predicted molar refractivity (Wildman–Crippen MR) is 44.8 cm³/mol. The molecule has 2 N–H and O–H groups in total. The monoisotopic (exact) mass is 183 g/mol. The number of fused-ring (bicyclic) bond motifs is 1. The molecule has 12 heavy (non-hydrogen) atoms. The van der Waals surface area contributed by atoms with Crippen molar-refractivity contribution in [2.45, 2.75) is 6.61 Å². The van der Waals surface area contributed by atoms with Crippen molar-refractivity contribution < 1.29 is 5.11 Å². The van der Waals surface area contributed by atoms with Gasteiger partial charge in [-0.1, -0.05) is 11.6 Å². The molecule has 0 aromatic carbocycles. The molecule has 5 heteroatoms. The lowest BCUT2D eigenvalue weighted by Crippen LogP contribution is -1.83. The maximum Gasteiger partial charge on any atom is 0.157 e. The van der Waals surface area contributed by atoms with Crippen molar-refractivity contribution in [3.8, 4) is 0 Å². The van der Waals surface area contributed by atoms with E-state index in [4.69, 9.17) is 16.7 Å². The summed E-state index contributed by atoms with van der Waals surface area (Å²) in [4.78, 5) is 10.9. The van der Waals surface area contributed by atoms with Crippen LogP contribution in [0.3, 0.4) is 0 Å². The molecule has 0 fully saturated rings. The molecular formula is C7H6ClN3O. The largest absolute Gasteiger partial charge is 0.388 e. The molecule has 0 amide bonds. The molecule has 62 valence electrons. The second-order valence-electron chi connectivity index (χ2n) is 2.36. The van der Waals surface area contributed by atoms with Gasteiger partial charge in [0.25, 0.3) is 0 Å². The van der Waals surface area contributed by atoms with Crippen LogP contribution in [0.25, 0.3) is 11.2 Å². The Balaban J connectivity index is 2.67. The van der Waals surface area contributed by atoms with E-state index in [0.717, 1.165) is 0 Å². The molecule has 0 saturated carbocycles. The number of hydrogen-bond acceptors (Lipinski definition) is 3. The number of nitrogens with one attached hydrogen (secondary N) is 1. The maximum atomic E-state index is 8.75. The van der Waals surface area contributed by atoms with Gasteiger partial charge in [0.2, 0.25) is 0 Å². The van der Waals surface area contributed by atoms with Gasteiger partial charge in [0, 0.05) is 6.20 Å². The van der Waals surface area contributed by atoms with E-state index >= 15 is 0 Å². The Morgan fingerprint density at radius 1 is 1.58 bits per heavy atom. The fraction of sp³-hybridized carbons (Fsp3) is 0.143. The van der Waals surface area contributed by atoms with Gasteiger partial charge < -0.3 is 10.1 Å². The summed E-state index contributed by atoms with van der Waals surface area (Å²) in [5, 5.41) is 9.29. The number of aromatic nitrogens is 3. The van der Waals surface area contributed by atoms with Crippen LogP contribution in [-0.2, 0) is 6.61 Å². The average Bonchev–Trinajstić information content (AvgIpc) is 2.46. The second kappa shape index (κ2) is 2.73. The van der Waals surface area contributed by atoms with E-state index in [1.165, 1.54) is 6.20 Å². The van der Waals surface area contributed by atoms with Gasteiger partial charge in [0.05, 0.1) is 5.02 Å². The number of aliphatic hydroxyl groups excluding tert-OH is 1. The van der Waals surface area contributed by atoms with Gasteiger partial charge in [-0.3, -0.25) is 0 Å². The van der Waals surface area contributed by atoms with Crippen LogP contribution >= 0.6 is 11.6 Å². The summed E-state index contributed by atoms with van der Waals surface area (Å²) >= 11 is 5.69. The second-order valence-corrected chi connectivity index (χ2v) is 2.80. The number of pyridine rings is 1. The van der Waals surface area contributed by atoms with Gasteiger partial charge in [0.15, 0.2) is 5.65 Å². The first-order valence-electron chi connectivity index (χ1n) is 3.40. The topological polar surface area (TPSA) is 61.8 Å². The van der Waals surface area contributed by atoms with Crippen LogP contribution in [0.2, 0.25) is 5.02 Å². The lowest BCUT2D eigenvalue weighted by molar-refractivity contribution is 0.273. The first-order chi connectivity index (χ1) is 5.79. The third-order valence-corrected chi connectivity index (χ3v) is 1.71. The molecule has 0 bridgehead atoms. The van der Waals surface area contributed by atoms with Crippen LogP contribution in [0.15, 0.2) is 12.3 Å². The summed E-state index contributed by atoms with van der Waals surface area (Å²) in [7, 11) is 0. The lowest BCUT2D eigenvalue weighted by Gasteiger charge is -1.86. The molecular weight excluding hydrogens is 178 g/mol. The number of aromatic amines is 1. The number of halogens is 1. The summed E-state index contributed by atoms with van der Waals surface area (Å²) in [6, 6.07) is 1.69. The van der Waals surface area contributed by atoms with Crippen LogP contribution in [0.1, 0.15) is 5.82 Å². The van der Waals surface area contributed by atoms with Crippen LogP contribution in [0.4, 0.5) is 0 Å². The summed E-state index contributed by atoms with van der Waals surface area (Å²) in [5.74, 6) is 0.500. The van der Waals surface area contributed by atoms with Crippen LogP contribution in [0, 0.1) is 0 Å². The first kappa shape index (κ1) is 7.52. The van der Waals surface area contributed by atoms with Crippen molar-refractivity contribution >= 4 is 22.8 Å². The minimum atomic E-state index is -0.117. The van der Waals surface area contributed by atoms with Gasteiger partial charge in [0.1, 0.15) is 17.9 Å². The van der Waals surface area contributed by atoms with E-state index in [0.29, 0.717) is 22.0 Å². The summed E-state index contributed by atoms with van der Waals surface area (Å²) in [6.45, 7) is -0.117. The summed E-state index contributed by atoms with van der Waals surface area (Å²) in [6.07, 6.45) is 1.53. The number of rotatable bonds is 1. The minimum Gasteiger partial charge on any atom is -0.388 e. The molecule has 0 aliphatic rings. The summed E-state index contributed by atoms with van der Waals surface area (Å²) in [5.41, 5.74) is 1.31. The predicted octanol–water partition coefficient (Wildman–Crippen LogP) is 1.10. The maximum absolute atomic E-state index is 8.75. The SMILES string of the molecule is OCc1nc2cc(Cl)cnc2[nH]1. The Labute approximate surface area is 73.2 Å². The molecule has 2 rings (SSSR count). The fourth-order valence-electron chi connectivity index (χ4n) is 0.995. The Morgan fingerprint density at radius 2 is 2.42 bits per heavy atom. The van der Waals surface area contributed by atoms with E-state index in [1.807, 2.05) is 0 Å². The molecule has 0 saturated heterocycles. The standard InChI is InChI=1S/C7H6ClN3O/c8-4-1-5-7(9-2-4)11-6(3-12)10-5/h1-2,12H,3H2,(H,9,10,11). The molecule has 0 atom stereocenters. The van der Waals surface area contributed by atoms with E-state index in [-0.39, 0.29) is 6.61 Å². The van der Waals surface area contributed by atoms with Crippen molar-refractivity contribution in [2.75, 3.05) is 0 Å². The Morgan fingerprint density at radius 3 is 3.17 bits per heavy atom. The molecule has 2 aromatic heterocycles. The molecule has 0 aliphatic heterocycles. The average molecular weight is 184 g/mol. The van der Waals surface area contributed by atoms with Crippen LogP contribution in [-0.4, -0.2) is 20.1 Å². The van der Waals surface area contributed by atoms with Gasteiger partial charge in [-0.05, 0) is 6.07 Å². The molecule has 2 heterocycles. The number of hydrogen-bond donors (Lipinski definition) is 2. The van der Waals surface area contributed by atoms with Crippen molar-refractivity contribution in [3.05, 3.63) is 23.1 Å². The number of imidazole rings is 1. The normalized spacial score (nSPS) is 10.8. The van der Waals surface area contributed by atoms with Crippen molar-refractivity contribution in [1.82, 2.24) is 15.0 Å². The van der Waals surface area contributed by atoms with E-state index < -0.39 is 0 Å². The zero-order chi connectivity index (χ0) is 8.55. The molecule has 2 aromatic rings. The molecule has 0 spiro atoms. The third kappa shape index (κ3) is 1.15. The number of nitrogens with zero attached hydrogens (tertiary/aromatic N) is 2. The Kier molecular flexibility index (Phi) is 1.71. The van der Waals surface area contributed by atoms with Crippen molar-refractivity contribution in [2.24, 2.45) is 0 Å². The smallest absolute Gasteiger partial charge is 0.157 e. The quantitative estimate of drug-likeness (QED) is 0.696. The zero-order valence-corrected chi connectivity index (χ0v) is 6.84. The molecule has 0 unspecified atom stereocenters. The fourth-order valence-corrected chi connectivity index (χ4v) is 1.15. The minimum absolute atomic E-state index is 0.117. The number of aliphatic hydroxyl groups is 1. The highest BCUT2D eigenvalue weighted by atomic mass is 35.5. The zero-order valence-electron chi connectivity index (χ0n) is 6.08. The van der Waals surface area contributed by atoms with E-state index in [9.17, 15) is 0 Å². The number of H-pyrrole nitrogens is 1. The highest BCUT2D eigenvalue weighted by molar-refractivity contribution is 6.30. The van der Waals surface area contributed by atoms with E-state index in [1.54, 1.807) is 6.07 Å². The molecule has 0 radical (unpaired) electrons. The van der Waals surface area contributed by atoms with Crippen LogP contribution in [0.5, 0.6) is 0 Å². The molecule has 4 nitrogen and oxygen atoms in total. The van der Waals surface area contributed by atoms with Gasteiger partial charge in [-0.15, -0.1) is 0 Å². The van der Waals surface area contributed by atoms with Gasteiger partial charge in [-0.25, -0.2) is 9.97 Å². The first-order valence-corrected chi connectivity index (χ1v) is 3.78. The van der Waals surface area contributed by atoms with Crippen molar-refractivity contribution in [1.29, 1.82) is 0 Å². The summed E-state index contributed by atoms with van der Waals surface area (Å²) < 4.78 is 0. The highest BCUT2D eigenvalue weighted by Crippen LogP contribution is 2.13. The Hall–Kier alpha value is -1.13. The van der Waals surface area contributed by atoms with E-state index in [2.05, 4.69) is 15.0 Å². The highest BCUT2D eigenvalue weighted by Gasteiger charge is 2.02. The third-order valence-electron chi connectivity index (χ3n) is 1.50. The molecule has 0 aliphatic carbocycles. The van der Waals surface area contributed by atoms with Gasteiger partial charge >= 0.3 is 0 Å².